The fourth-order valence-electron chi connectivity index (χ4n) is 4.68. The zero-order valence-electron chi connectivity index (χ0n) is 16.0. The van der Waals surface area contributed by atoms with E-state index in [1.54, 1.807) is 0 Å². The molecule has 28 heavy (non-hydrogen) atoms. The normalized spacial score (nSPS) is 19.2. The first-order chi connectivity index (χ1) is 13.7. The van der Waals surface area contributed by atoms with Crippen molar-refractivity contribution in [3.8, 4) is 5.75 Å². The summed E-state index contributed by atoms with van der Waals surface area (Å²) in [5.41, 5.74) is 0.372. The monoisotopic (exact) mass is 375 g/mol. The maximum absolute atomic E-state index is 12.7. The highest BCUT2D eigenvalue weighted by Gasteiger charge is 2.37. The average Bonchev–Trinajstić information content (AvgIpc) is 2.75. The maximum Gasteiger partial charge on any atom is 0.415 e. The predicted molar refractivity (Wildman–Crippen MR) is 111 cm³/mol. The van der Waals surface area contributed by atoms with Gasteiger partial charge in [0.15, 0.2) is 0 Å². The van der Waals surface area contributed by atoms with Gasteiger partial charge in [0.1, 0.15) is 5.75 Å². The molecular formula is C24H25NO3. The number of carbonyl (C=O) groups excluding carboxylic acids is 1. The van der Waals surface area contributed by atoms with Crippen LogP contribution in [0, 0.1) is 5.41 Å². The van der Waals surface area contributed by atoms with Crippen LogP contribution in [0.5, 0.6) is 5.75 Å². The van der Waals surface area contributed by atoms with Gasteiger partial charge in [-0.25, -0.2) is 4.79 Å². The van der Waals surface area contributed by atoms with Crippen LogP contribution in [-0.4, -0.2) is 37.3 Å². The van der Waals surface area contributed by atoms with Crippen LogP contribution in [0.4, 0.5) is 4.79 Å². The zero-order valence-corrected chi connectivity index (χ0v) is 16.0. The van der Waals surface area contributed by atoms with Crippen LogP contribution in [0.15, 0.2) is 54.6 Å². The molecule has 0 bridgehead atoms. The van der Waals surface area contributed by atoms with Gasteiger partial charge >= 0.3 is 6.09 Å². The Morgan fingerprint density at radius 1 is 0.857 bits per heavy atom. The Balaban J connectivity index is 1.32. The predicted octanol–water partition coefficient (Wildman–Crippen LogP) is 5.38. The molecule has 4 nitrogen and oxygen atoms in total. The number of fused-ring (bicyclic) bond motifs is 3. The highest BCUT2D eigenvalue weighted by molar-refractivity contribution is 6.07. The molecule has 0 N–H and O–H groups in total. The molecule has 0 atom stereocenters. The standard InChI is InChI=1S/C24H25NO3/c26-23(25-13-9-24(10-14-25)11-15-27-16-12-24)28-20-8-7-19-6-5-18-3-1-2-4-21(18)22(19)17-20/h1-8,17H,9-16H2. The van der Waals surface area contributed by atoms with Crippen LogP contribution in [0.1, 0.15) is 25.7 Å². The molecule has 0 aliphatic carbocycles. The Hall–Kier alpha value is -2.59. The highest BCUT2D eigenvalue weighted by atomic mass is 16.6. The molecule has 4 heteroatoms. The number of hydrogen-bond acceptors (Lipinski definition) is 3. The molecular weight excluding hydrogens is 350 g/mol. The van der Waals surface area contributed by atoms with Gasteiger partial charge in [0, 0.05) is 26.3 Å². The van der Waals surface area contributed by atoms with Crippen LogP contribution < -0.4 is 4.74 Å². The minimum Gasteiger partial charge on any atom is -0.410 e. The molecule has 3 aromatic rings. The summed E-state index contributed by atoms with van der Waals surface area (Å²) in [6, 6.07) is 18.4. The van der Waals surface area contributed by atoms with Crippen LogP contribution in [0.2, 0.25) is 0 Å². The van der Waals surface area contributed by atoms with Crippen LogP contribution in [0.25, 0.3) is 21.5 Å². The van der Waals surface area contributed by atoms with Crippen molar-refractivity contribution in [3.63, 3.8) is 0 Å². The van der Waals surface area contributed by atoms with Crippen molar-refractivity contribution in [1.29, 1.82) is 0 Å². The third kappa shape index (κ3) is 3.22. The third-order valence-corrected chi connectivity index (χ3v) is 6.56. The highest BCUT2D eigenvalue weighted by Crippen LogP contribution is 2.40. The summed E-state index contributed by atoms with van der Waals surface area (Å²) >= 11 is 0. The first-order valence-electron chi connectivity index (χ1n) is 10.2. The van der Waals surface area contributed by atoms with Gasteiger partial charge in [-0.1, -0.05) is 42.5 Å². The van der Waals surface area contributed by atoms with Crippen molar-refractivity contribution in [3.05, 3.63) is 54.6 Å². The number of benzene rings is 3. The summed E-state index contributed by atoms with van der Waals surface area (Å²) in [6.07, 6.45) is 4.10. The minimum absolute atomic E-state index is 0.235. The topological polar surface area (TPSA) is 38.8 Å². The van der Waals surface area contributed by atoms with E-state index in [1.807, 2.05) is 35.2 Å². The number of ether oxygens (including phenoxy) is 2. The SMILES string of the molecule is O=C(Oc1ccc2ccc3ccccc3c2c1)N1CCC2(CCOCC2)CC1. The zero-order chi connectivity index (χ0) is 19.0. The number of amides is 1. The number of piperidine rings is 1. The second-order valence-electron chi connectivity index (χ2n) is 8.14. The van der Waals surface area contributed by atoms with E-state index in [2.05, 4.69) is 24.3 Å². The van der Waals surface area contributed by atoms with E-state index in [9.17, 15) is 4.79 Å². The number of rotatable bonds is 1. The van der Waals surface area contributed by atoms with Gasteiger partial charge in [-0.05, 0) is 64.8 Å². The van der Waals surface area contributed by atoms with Gasteiger partial charge in [-0.3, -0.25) is 0 Å². The van der Waals surface area contributed by atoms with Crippen molar-refractivity contribution in [2.75, 3.05) is 26.3 Å². The van der Waals surface area contributed by atoms with Crippen molar-refractivity contribution >= 4 is 27.6 Å². The molecule has 1 amide bonds. The van der Waals surface area contributed by atoms with Gasteiger partial charge < -0.3 is 14.4 Å². The summed E-state index contributed by atoms with van der Waals surface area (Å²) in [6.45, 7) is 3.26. The lowest BCUT2D eigenvalue weighted by molar-refractivity contribution is -0.0170. The summed E-state index contributed by atoms with van der Waals surface area (Å²) < 4.78 is 11.3. The van der Waals surface area contributed by atoms with Crippen molar-refractivity contribution in [1.82, 2.24) is 4.90 Å². The molecule has 144 valence electrons. The Labute approximate surface area is 165 Å². The molecule has 2 aliphatic rings. The Morgan fingerprint density at radius 2 is 1.54 bits per heavy atom. The van der Waals surface area contributed by atoms with Crippen LogP contribution in [-0.2, 0) is 4.74 Å². The Kier molecular flexibility index (Phi) is 4.44. The van der Waals surface area contributed by atoms with Crippen LogP contribution >= 0.6 is 0 Å². The molecule has 0 saturated carbocycles. The number of carbonyl (C=O) groups is 1. The largest absolute Gasteiger partial charge is 0.415 e. The fourth-order valence-corrected chi connectivity index (χ4v) is 4.68. The molecule has 0 unspecified atom stereocenters. The van der Waals surface area contributed by atoms with Crippen molar-refractivity contribution < 1.29 is 14.3 Å². The van der Waals surface area contributed by atoms with Crippen molar-refractivity contribution in [2.45, 2.75) is 25.7 Å². The third-order valence-electron chi connectivity index (χ3n) is 6.56. The van der Waals surface area contributed by atoms with E-state index in [1.165, 1.54) is 10.8 Å². The fraction of sp³-hybridized carbons (Fsp3) is 0.375. The van der Waals surface area contributed by atoms with E-state index in [0.29, 0.717) is 11.2 Å². The molecule has 0 radical (unpaired) electrons. The van der Waals surface area contributed by atoms with E-state index in [-0.39, 0.29) is 6.09 Å². The molecule has 2 saturated heterocycles. The second kappa shape index (κ2) is 7.10. The van der Waals surface area contributed by atoms with E-state index < -0.39 is 0 Å². The number of likely N-dealkylation sites (tertiary alicyclic amines) is 1. The first kappa shape index (κ1) is 17.5. The summed E-state index contributed by atoms with van der Waals surface area (Å²) in [5, 5.41) is 4.63. The maximum atomic E-state index is 12.7. The van der Waals surface area contributed by atoms with E-state index in [0.717, 1.165) is 62.8 Å². The Bertz CT molecular complexity index is 1010. The van der Waals surface area contributed by atoms with E-state index >= 15 is 0 Å². The molecule has 2 aliphatic heterocycles. The quantitative estimate of drug-likeness (QED) is 0.536. The molecule has 2 heterocycles. The minimum atomic E-state index is -0.235. The average molecular weight is 375 g/mol. The van der Waals surface area contributed by atoms with Gasteiger partial charge in [-0.2, -0.15) is 0 Å². The second-order valence-corrected chi connectivity index (χ2v) is 8.14. The lowest BCUT2D eigenvalue weighted by atomic mass is 9.72. The molecule has 2 fully saturated rings. The van der Waals surface area contributed by atoms with Gasteiger partial charge in [0.2, 0.25) is 0 Å². The van der Waals surface area contributed by atoms with Gasteiger partial charge in [-0.15, -0.1) is 0 Å². The number of nitrogens with zero attached hydrogens (tertiary/aromatic N) is 1. The van der Waals surface area contributed by atoms with E-state index in [4.69, 9.17) is 9.47 Å². The Morgan fingerprint density at radius 3 is 2.32 bits per heavy atom. The lowest BCUT2D eigenvalue weighted by Gasteiger charge is -2.43. The van der Waals surface area contributed by atoms with Gasteiger partial charge in [0.25, 0.3) is 0 Å². The molecule has 3 aromatic carbocycles. The lowest BCUT2D eigenvalue weighted by Crippen LogP contribution is -2.46. The molecule has 0 aromatic heterocycles. The molecule has 1 spiro atoms. The molecule has 5 rings (SSSR count). The summed E-state index contributed by atoms with van der Waals surface area (Å²) in [5.74, 6) is 0.611. The van der Waals surface area contributed by atoms with Gasteiger partial charge in [0.05, 0.1) is 0 Å². The summed E-state index contributed by atoms with van der Waals surface area (Å²) in [7, 11) is 0. The smallest absolute Gasteiger partial charge is 0.410 e. The summed E-state index contributed by atoms with van der Waals surface area (Å²) in [4.78, 5) is 14.6. The number of hydrogen-bond donors (Lipinski definition) is 0. The van der Waals surface area contributed by atoms with Crippen molar-refractivity contribution in [2.24, 2.45) is 5.41 Å². The first-order valence-corrected chi connectivity index (χ1v) is 10.2. The van der Waals surface area contributed by atoms with Crippen LogP contribution in [0.3, 0.4) is 0 Å².